The van der Waals surface area contributed by atoms with Crippen LogP contribution in [-0.4, -0.2) is 14.3 Å². The molecule has 0 saturated heterocycles. The molecule has 0 N–H and O–H groups in total. The lowest BCUT2D eigenvalue weighted by molar-refractivity contribution is -0.385. The van der Waals surface area contributed by atoms with Crippen LogP contribution in [0.1, 0.15) is 25.5 Å². The van der Waals surface area contributed by atoms with Crippen molar-refractivity contribution in [3.63, 3.8) is 0 Å². The van der Waals surface area contributed by atoms with E-state index >= 15 is 0 Å². The van der Waals surface area contributed by atoms with Crippen molar-refractivity contribution in [3.05, 3.63) is 40.3 Å². The zero-order valence-electron chi connectivity index (χ0n) is 8.54. The molecule has 0 aromatic carbocycles. The summed E-state index contributed by atoms with van der Waals surface area (Å²) in [6, 6.07) is 3.12. The minimum Gasteiger partial charge on any atom is -0.297 e. The number of fused-ring (bicyclic) bond motifs is 1. The second kappa shape index (κ2) is 3.34. The van der Waals surface area contributed by atoms with Crippen LogP contribution in [0.25, 0.3) is 5.65 Å². The molecule has 0 unspecified atom stereocenters. The zero-order chi connectivity index (χ0) is 11.0. The summed E-state index contributed by atoms with van der Waals surface area (Å²) in [7, 11) is 0. The molecule has 78 valence electrons. The summed E-state index contributed by atoms with van der Waals surface area (Å²) in [4.78, 5) is 14.4. The summed E-state index contributed by atoms with van der Waals surface area (Å²) < 4.78 is 1.77. The normalized spacial score (nSPS) is 11.1. The maximum Gasteiger partial charge on any atom is 0.286 e. The molecule has 2 heterocycles. The van der Waals surface area contributed by atoms with Gasteiger partial charge in [0.15, 0.2) is 0 Å². The highest BCUT2D eigenvalue weighted by Gasteiger charge is 2.11. The molecule has 0 spiro atoms. The molecule has 5 nitrogen and oxygen atoms in total. The van der Waals surface area contributed by atoms with Crippen LogP contribution in [0.4, 0.5) is 5.69 Å². The topological polar surface area (TPSA) is 60.4 Å². The van der Waals surface area contributed by atoms with Gasteiger partial charge in [0.25, 0.3) is 5.69 Å². The predicted molar refractivity (Wildman–Crippen MR) is 55.9 cm³/mol. The number of imidazole rings is 1. The molecule has 0 saturated carbocycles. The summed E-state index contributed by atoms with van der Waals surface area (Å²) in [5, 5.41) is 10.6. The summed E-state index contributed by atoms with van der Waals surface area (Å²) in [5.41, 5.74) is 1.81. The third-order valence-electron chi connectivity index (χ3n) is 2.32. The molecule has 0 aliphatic heterocycles. The lowest BCUT2D eigenvalue weighted by Crippen LogP contribution is -1.97. The Morgan fingerprint density at radius 2 is 2.20 bits per heavy atom. The molecular formula is C10H11N3O2. The molecule has 0 radical (unpaired) electrons. The Balaban J connectivity index is 2.66. The molecule has 5 heteroatoms. The van der Waals surface area contributed by atoms with Crippen LogP contribution in [0, 0.1) is 10.1 Å². The first-order valence-electron chi connectivity index (χ1n) is 4.71. The summed E-state index contributed by atoms with van der Waals surface area (Å²) in [6.07, 6.45) is 3.27. The zero-order valence-corrected chi connectivity index (χ0v) is 8.54. The Kier molecular flexibility index (Phi) is 2.15. The van der Waals surface area contributed by atoms with Crippen molar-refractivity contribution < 1.29 is 4.92 Å². The van der Waals surface area contributed by atoms with E-state index in [9.17, 15) is 10.1 Å². The molecule has 2 aromatic heterocycles. The van der Waals surface area contributed by atoms with E-state index in [2.05, 4.69) is 4.98 Å². The van der Waals surface area contributed by atoms with E-state index in [0.717, 1.165) is 11.3 Å². The minimum absolute atomic E-state index is 0.0856. The Hall–Kier alpha value is -1.91. The lowest BCUT2D eigenvalue weighted by atomic mass is 10.1. The van der Waals surface area contributed by atoms with E-state index in [-0.39, 0.29) is 5.69 Å². The van der Waals surface area contributed by atoms with E-state index in [0.29, 0.717) is 5.92 Å². The Bertz CT molecular complexity index is 516. The second-order valence-corrected chi connectivity index (χ2v) is 3.71. The van der Waals surface area contributed by atoms with Gasteiger partial charge in [0.1, 0.15) is 5.65 Å². The second-order valence-electron chi connectivity index (χ2n) is 3.71. The Morgan fingerprint density at radius 3 is 2.80 bits per heavy atom. The number of nitro groups is 1. The van der Waals surface area contributed by atoms with Gasteiger partial charge in [-0.3, -0.25) is 14.5 Å². The molecule has 0 aliphatic rings. The molecule has 0 atom stereocenters. The highest BCUT2D eigenvalue weighted by molar-refractivity contribution is 5.46. The molecule has 2 aromatic rings. The summed E-state index contributed by atoms with van der Waals surface area (Å²) in [6.45, 7) is 4.06. The molecule has 2 rings (SSSR count). The van der Waals surface area contributed by atoms with E-state index < -0.39 is 4.92 Å². The van der Waals surface area contributed by atoms with Crippen molar-refractivity contribution in [2.45, 2.75) is 19.8 Å². The monoisotopic (exact) mass is 205 g/mol. The number of hydrogen-bond acceptors (Lipinski definition) is 3. The smallest absolute Gasteiger partial charge is 0.286 e. The van der Waals surface area contributed by atoms with Gasteiger partial charge in [0, 0.05) is 18.0 Å². The third kappa shape index (κ3) is 1.56. The van der Waals surface area contributed by atoms with Crippen LogP contribution in [0.3, 0.4) is 0 Å². The van der Waals surface area contributed by atoms with Gasteiger partial charge < -0.3 is 0 Å². The Labute approximate surface area is 86.5 Å². The number of hydrogen-bond donors (Lipinski definition) is 0. The van der Waals surface area contributed by atoms with Gasteiger partial charge in [0.05, 0.1) is 11.1 Å². The van der Waals surface area contributed by atoms with Crippen LogP contribution in [0.2, 0.25) is 0 Å². The van der Waals surface area contributed by atoms with Gasteiger partial charge in [-0.1, -0.05) is 13.8 Å². The quantitative estimate of drug-likeness (QED) is 0.558. The fraction of sp³-hybridized carbons (Fsp3) is 0.300. The van der Waals surface area contributed by atoms with Crippen LogP contribution >= 0.6 is 0 Å². The molecule has 0 fully saturated rings. The first-order valence-corrected chi connectivity index (χ1v) is 4.71. The molecule has 0 aliphatic carbocycles. The number of rotatable bonds is 2. The highest BCUT2D eigenvalue weighted by atomic mass is 16.6. The van der Waals surface area contributed by atoms with Crippen molar-refractivity contribution in [2.24, 2.45) is 0 Å². The van der Waals surface area contributed by atoms with E-state index in [1.807, 2.05) is 13.8 Å². The van der Waals surface area contributed by atoms with Gasteiger partial charge in [-0.15, -0.1) is 0 Å². The molecule has 0 bridgehead atoms. The van der Waals surface area contributed by atoms with E-state index in [4.69, 9.17) is 0 Å². The number of aromatic nitrogens is 2. The average Bonchev–Trinajstić information content (AvgIpc) is 2.59. The van der Waals surface area contributed by atoms with Gasteiger partial charge in [0.2, 0.25) is 0 Å². The van der Waals surface area contributed by atoms with Crippen molar-refractivity contribution in [2.75, 3.05) is 0 Å². The van der Waals surface area contributed by atoms with Crippen LogP contribution in [-0.2, 0) is 0 Å². The first kappa shape index (κ1) is 9.64. The van der Waals surface area contributed by atoms with E-state index in [1.54, 1.807) is 16.7 Å². The number of pyridine rings is 1. The van der Waals surface area contributed by atoms with Gasteiger partial charge in [-0.25, -0.2) is 4.98 Å². The molecule has 15 heavy (non-hydrogen) atoms. The number of nitrogens with zero attached hydrogens (tertiary/aromatic N) is 3. The fourth-order valence-corrected chi connectivity index (χ4v) is 1.52. The van der Waals surface area contributed by atoms with Crippen molar-refractivity contribution in [1.29, 1.82) is 0 Å². The van der Waals surface area contributed by atoms with Crippen LogP contribution < -0.4 is 0 Å². The van der Waals surface area contributed by atoms with Gasteiger partial charge in [-0.2, -0.15) is 0 Å². The predicted octanol–water partition coefficient (Wildman–Crippen LogP) is 2.37. The largest absolute Gasteiger partial charge is 0.297 e. The van der Waals surface area contributed by atoms with Gasteiger partial charge in [-0.05, 0) is 12.0 Å². The highest BCUT2D eigenvalue weighted by Crippen LogP contribution is 2.19. The van der Waals surface area contributed by atoms with E-state index in [1.165, 1.54) is 12.3 Å². The van der Waals surface area contributed by atoms with Crippen molar-refractivity contribution in [3.8, 4) is 0 Å². The fourth-order valence-electron chi connectivity index (χ4n) is 1.52. The minimum atomic E-state index is -0.399. The van der Waals surface area contributed by atoms with Crippen molar-refractivity contribution in [1.82, 2.24) is 9.38 Å². The average molecular weight is 205 g/mol. The summed E-state index contributed by atoms with van der Waals surface area (Å²) >= 11 is 0. The first-order chi connectivity index (χ1) is 7.09. The lowest BCUT2D eigenvalue weighted by Gasteiger charge is -2.03. The maximum absolute atomic E-state index is 10.6. The third-order valence-corrected chi connectivity index (χ3v) is 2.32. The standard InChI is InChI=1S/C10H11N3O2/c1-7(2)9-5-11-10-4-3-8(13(14)15)6-12(9)10/h3-7H,1-2H3. The maximum atomic E-state index is 10.6. The Morgan fingerprint density at radius 1 is 1.47 bits per heavy atom. The molecular weight excluding hydrogens is 194 g/mol. The summed E-state index contributed by atoms with van der Waals surface area (Å²) in [5.74, 6) is 0.294. The molecule has 0 amide bonds. The van der Waals surface area contributed by atoms with Crippen molar-refractivity contribution >= 4 is 11.3 Å². The SMILES string of the molecule is CC(C)c1cnc2ccc([N+](=O)[O-])cn12. The van der Waals surface area contributed by atoms with Crippen LogP contribution in [0.5, 0.6) is 0 Å². The van der Waals surface area contributed by atoms with Gasteiger partial charge >= 0.3 is 0 Å². The van der Waals surface area contributed by atoms with Crippen LogP contribution in [0.15, 0.2) is 24.5 Å².